The molecule has 0 spiro atoms. The largest absolute Gasteiger partial charge is 0.372 e. The molecule has 19 heavy (non-hydrogen) atoms. The number of carbonyl (C=O) groups excluding carboxylic acids is 1. The van der Waals surface area contributed by atoms with Gasteiger partial charge in [0.25, 0.3) is 0 Å². The first-order valence-electron chi connectivity index (χ1n) is 6.42. The molecule has 0 unspecified atom stereocenters. The topological polar surface area (TPSA) is 79.4 Å². The van der Waals surface area contributed by atoms with E-state index in [2.05, 4.69) is 25.5 Å². The normalized spacial score (nSPS) is 26.4. The first-order chi connectivity index (χ1) is 9.13. The van der Waals surface area contributed by atoms with Gasteiger partial charge in [0.15, 0.2) is 11.6 Å². The number of ether oxygens (including phenoxy) is 1. The SMILES string of the molecule is C[C@H]1CN(c2ncnc3c2NC(=O)CN3)C[C@H](C)O1. The number of carbonyl (C=O) groups is 1. The van der Waals surface area contributed by atoms with Gasteiger partial charge in [-0.25, -0.2) is 9.97 Å². The van der Waals surface area contributed by atoms with Crippen molar-refractivity contribution in [3.63, 3.8) is 0 Å². The van der Waals surface area contributed by atoms with Gasteiger partial charge in [0, 0.05) is 13.1 Å². The van der Waals surface area contributed by atoms with E-state index in [1.807, 2.05) is 13.8 Å². The Balaban J connectivity index is 1.94. The third-order valence-electron chi connectivity index (χ3n) is 3.23. The van der Waals surface area contributed by atoms with Gasteiger partial charge in [-0.15, -0.1) is 0 Å². The number of rotatable bonds is 1. The monoisotopic (exact) mass is 263 g/mol. The predicted octanol–water partition coefficient (Wildman–Crippen LogP) is 0.454. The summed E-state index contributed by atoms with van der Waals surface area (Å²) in [5.41, 5.74) is 0.667. The number of morpholine rings is 1. The number of aromatic nitrogens is 2. The summed E-state index contributed by atoms with van der Waals surface area (Å²) in [7, 11) is 0. The average Bonchev–Trinajstić information content (AvgIpc) is 2.36. The van der Waals surface area contributed by atoms with Crippen molar-refractivity contribution in [2.24, 2.45) is 0 Å². The van der Waals surface area contributed by atoms with Crippen molar-refractivity contribution in [1.29, 1.82) is 0 Å². The Kier molecular flexibility index (Phi) is 2.98. The van der Waals surface area contributed by atoms with Gasteiger partial charge in [0.05, 0.1) is 18.8 Å². The van der Waals surface area contributed by atoms with Crippen molar-refractivity contribution in [1.82, 2.24) is 9.97 Å². The van der Waals surface area contributed by atoms with Crippen LogP contribution in [0, 0.1) is 0 Å². The van der Waals surface area contributed by atoms with Crippen LogP contribution in [-0.2, 0) is 9.53 Å². The quantitative estimate of drug-likeness (QED) is 0.766. The van der Waals surface area contributed by atoms with Gasteiger partial charge < -0.3 is 20.3 Å². The van der Waals surface area contributed by atoms with Gasteiger partial charge in [0.1, 0.15) is 12.0 Å². The second-order valence-corrected chi connectivity index (χ2v) is 4.98. The van der Waals surface area contributed by atoms with E-state index in [0.717, 1.165) is 18.9 Å². The molecule has 3 heterocycles. The van der Waals surface area contributed by atoms with Crippen LogP contribution in [0.25, 0.3) is 0 Å². The van der Waals surface area contributed by atoms with E-state index in [4.69, 9.17) is 4.74 Å². The molecule has 3 rings (SSSR count). The first kappa shape index (κ1) is 12.2. The van der Waals surface area contributed by atoms with Crippen molar-refractivity contribution >= 4 is 23.2 Å². The standard InChI is InChI=1S/C12H17N5O2/c1-7-4-17(5-8(2)19-7)12-10-11(14-6-15-12)13-3-9(18)16-10/h6-8H,3-5H2,1-2H3,(H,16,18)(H,13,14,15)/t7-,8-/m0/s1. The summed E-state index contributed by atoms with van der Waals surface area (Å²) < 4.78 is 5.72. The number of nitrogens with zero attached hydrogens (tertiary/aromatic N) is 3. The fraction of sp³-hybridized carbons (Fsp3) is 0.583. The Morgan fingerprint density at radius 3 is 2.79 bits per heavy atom. The number of hydrogen-bond acceptors (Lipinski definition) is 6. The molecule has 0 saturated carbocycles. The molecule has 1 fully saturated rings. The number of amides is 1. The molecule has 0 radical (unpaired) electrons. The summed E-state index contributed by atoms with van der Waals surface area (Å²) in [6.45, 7) is 5.83. The van der Waals surface area contributed by atoms with Crippen molar-refractivity contribution in [3.8, 4) is 0 Å². The number of nitrogens with one attached hydrogen (secondary N) is 2. The Morgan fingerprint density at radius 1 is 1.32 bits per heavy atom. The third-order valence-corrected chi connectivity index (χ3v) is 3.23. The van der Waals surface area contributed by atoms with Crippen molar-refractivity contribution in [2.75, 3.05) is 35.2 Å². The lowest BCUT2D eigenvalue weighted by Crippen LogP contribution is -2.46. The fourth-order valence-electron chi connectivity index (χ4n) is 2.56. The van der Waals surface area contributed by atoms with Crippen LogP contribution in [0.3, 0.4) is 0 Å². The molecule has 1 aromatic rings. The summed E-state index contributed by atoms with van der Waals surface area (Å²) in [5, 5.41) is 5.84. The minimum absolute atomic E-state index is 0.0714. The molecule has 2 aliphatic rings. The van der Waals surface area contributed by atoms with E-state index < -0.39 is 0 Å². The van der Waals surface area contributed by atoms with E-state index >= 15 is 0 Å². The van der Waals surface area contributed by atoms with Gasteiger partial charge in [0.2, 0.25) is 5.91 Å². The van der Waals surface area contributed by atoms with Crippen LogP contribution >= 0.6 is 0 Å². The smallest absolute Gasteiger partial charge is 0.243 e. The molecule has 2 aliphatic heterocycles. The zero-order chi connectivity index (χ0) is 13.4. The van der Waals surface area contributed by atoms with Crippen molar-refractivity contribution in [2.45, 2.75) is 26.1 Å². The second-order valence-electron chi connectivity index (χ2n) is 4.98. The van der Waals surface area contributed by atoms with Crippen LogP contribution in [-0.4, -0.2) is 47.7 Å². The maximum atomic E-state index is 11.5. The molecule has 7 heteroatoms. The summed E-state index contributed by atoms with van der Waals surface area (Å²) >= 11 is 0. The van der Waals surface area contributed by atoms with E-state index in [-0.39, 0.29) is 24.7 Å². The van der Waals surface area contributed by atoms with Gasteiger partial charge in [-0.05, 0) is 13.8 Å². The summed E-state index contributed by atoms with van der Waals surface area (Å²) in [5.74, 6) is 1.36. The Hall–Kier alpha value is -1.89. The molecule has 1 aromatic heterocycles. The Labute approximate surface area is 111 Å². The highest BCUT2D eigenvalue weighted by atomic mass is 16.5. The lowest BCUT2D eigenvalue weighted by molar-refractivity contribution is -0.114. The highest BCUT2D eigenvalue weighted by Crippen LogP contribution is 2.32. The van der Waals surface area contributed by atoms with Gasteiger partial charge in [-0.1, -0.05) is 0 Å². The van der Waals surface area contributed by atoms with Crippen molar-refractivity contribution < 1.29 is 9.53 Å². The first-order valence-corrected chi connectivity index (χ1v) is 6.42. The molecule has 102 valence electrons. The molecule has 7 nitrogen and oxygen atoms in total. The highest BCUT2D eigenvalue weighted by Gasteiger charge is 2.28. The van der Waals surface area contributed by atoms with E-state index in [9.17, 15) is 4.79 Å². The Morgan fingerprint density at radius 2 is 2.05 bits per heavy atom. The van der Waals surface area contributed by atoms with Crippen LogP contribution < -0.4 is 15.5 Å². The minimum Gasteiger partial charge on any atom is -0.372 e. The Bertz CT molecular complexity index is 497. The summed E-state index contributed by atoms with van der Waals surface area (Å²) in [6.07, 6.45) is 1.80. The molecular weight excluding hydrogens is 246 g/mol. The fourth-order valence-corrected chi connectivity index (χ4v) is 2.56. The summed E-state index contributed by atoms with van der Waals surface area (Å²) in [4.78, 5) is 22.1. The predicted molar refractivity (Wildman–Crippen MR) is 71.4 cm³/mol. The van der Waals surface area contributed by atoms with Gasteiger partial charge in [-0.2, -0.15) is 0 Å². The third kappa shape index (κ3) is 2.33. The zero-order valence-electron chi connectivity index (χ0n) is 11.0. The second kappa shape index (κ2) is 4.65. The van der Waals surface area contributed by atoms with Crippen LogP contribution in [0.4, 0.5) is 17.3 Å². The molecular formula is C12H17N5O2. The molecule has 0 aromatic carbocycles. The summed E-state index contributed by atoms with van der Waals surface area (Å²) in [6, 6.07) is 0. The molecule has 2 N–H and O–H groups in total. The maximum absolute atomic E-state index is 11.5. The van der Waals surface area contributed by atoms with Gasteiger partial charge >= 0.3 is 0 Å². The average molecular weight is 263 g/mol. The van der Waals surface area contributed by atoms with Crippen molar-refractivity contribution in [3.05, 3.63) is 6.33 Å². The van der Waals surface area contributed by atoms with Crippen LogP contribution in [0.15, 0.2) is 6.33 Å². The van der Waals surface area contributed by atoms with E-state index in [1.165, 1.54) is 6.33 Å². The number of anilines is 3. The lowest BCUT2D eigenvalue weighted by Gasteiger charge is -2.37. The lowest BCUT2D eigenvalue weighted by atomic mass is 10.2. The van der Waals surface area contributed by atoms with Gasteiger partial charge in [-0.3, -0.25) is 4.79 Å². The van der Waals surface area contributed by atoms with Crippen LogP contribution in [0.2, 0.25) is 0 Å². The molecule has 2 atom stereocenters. The van der Waals surface area contributed by atoms with Crippen LogP contribution in [0.5, 0.6) is 0 Å². The van der Waals surface area contributed by atoms with Crippen LogP contribution in [0.1, 0.15) is 13.8 Å². The van der Waals surface area contributed by atoms with E-state index in [0.29, 0.717) is 11.5 Å². The number of fused-ring (bicyclic) bond motifs is 1. The minimum atomic E-state index is -0.0714. The molecule has 0 bridgehead atoms. The highest BCUT2D eigenvalue weighted by molar-refractivity contribution is 6.02. The maximum Gasteiger partial charge on any atom is 0.243 e. The zero-order valence-corrected chi connectivity index (χ0v) is 11.0. The molecule has 1 saturated heterocycles. The molecule has 0 aliphatic carbocycles. The number of hydrogen-bond donors (Lipinski definition) is 2. The van der Waals surface area contributed by atoms with E-state index in [1.54, 1.807) is 0 Å². The molecule has 1 amide bonds.